The SMILES string of the molecule is C[C@@H](O)[C@@H](C(=O)O)N(OC(=O)OC(C)(C)C)C(=O)c1ccccc1. The highest BCUT2D eigenvalue weighted by Crippen LogP contribution is 2.16. The Bertz CT molecular complexity index is 592. The number of carboxylic acids is 1. The molecule has 0 radical (unpaired) electrons. The molecule has 0 bridgehead atoms. The molecule has 0 heterocycles. The number of rotatable bonds is 4. The molecule has 8 nitrogen and oxygen atoms in total. The Morgan fingerprint density at radius 3 is 2.08 bits per heavy atom. The number of aliphatic hydroxyl groups excluding tert-OH is 1. The second kappa shape index (κ2) is 7.78. The van der Waals surface area contributed by atoms with E-state index in [1.807, 2.05) is 0 Å². The van der Waals surface area contributed by atoms with Gasteiger partial charge in [-0.25, -0.2) is 9.59 Å². The molecule has 24 heavy (non-hydrogen) atoms. The first-order valence-electron chi connectivity index (χ1n) is 7.23. The van der Waals surface area contributed by atoms with E-state index in [0.29, 0.717) is 5.06 Å². The predicted molar refractivity (Wildman–Crippen MR) is 83.0 cm³/mol. The normalized spacial score (nSPS) is 13.5. The van der Waals surface area contributed by atoms with Gasteiger partial charge in [-0.15, -0.1) is 5.06 Å². The molecule has 0 aliphatic rings. The molecule has 1 amide bonds. The molecule has 0 aliphatic heterocycles. The Hall–Kier alpha value is -2.61. The number of aliphatic hydroxyl groups is 1. The number of nitrogens with zero attached hydrogens (tertiary/aromatic N) is 1. The van der Waals surface area contributed by atoms with Gasteiger partial charge in [0.25, 0.3) is 5.91 Å². The number of hydrogen-bond acceptors (Lipinski definition) is 6. The summed E-state index contributed by atoms with van der Waals surface area (Å²) in [6, 6.07) is 5.86. The van der Waals surface area contributed by atoms with Crippen molar-refractivity contribution in [3.05, 3.63) is 35.9 Å². The monoisotopic (exact) mass is 339 g/mol. The van der Waals surface area contributed by atoms with Gasteiger partial charge in [0.15, 0.2) is 6.04 Å². The molecule has 0 aromatic heterocycles. The van der Waals surface area contributed by atoms with Crippen LogP contribution in [0.2, 0.25) is 0 Å². The topological polar surface area (TPSA) is 113 Å². The van der Waals surface area contributed by atoms with Gasteiger partial charge in [0.05, 0.1) is 6.10 Å². The van der Waals surface area contributed by atoms with Crippen LogP contribution in [0, 0.1) is 0 Å². The van der Waals surface area contributed by atoms with E-state index < -0.39 is 35.8 Å². The molecular formula is C16H21NO7. The van der Waals surface area contributed by atoms with Crippen molar-refractivity contribution < 1.29 is 34.2 Å². The third kappa shape index (κ3) is 5.54. The van der Waals surface area contributed by atoms with Gasteiger partial charge in [0.2, 0.25) is 0 Å². The number of carbonyl (C=O) groups is 3. The molecule has 1 rings (SSSR count). The Morgan fingerprint density at radius 2 is 1.67 bits per heavy atom. The van der Waals surface area contributed by atoms with Crippen molar-refractivity contribution in [1.29, 1.82) is 0 Å². The lowest BCUT2D eigenvalue weighted by atomic mass is 10.1. The van der Waals surface area contributed by atoms with Crippen molar-refractivity contribution in [2.75, 3.05) is 0 Å². The van der Waals surface area contributed by atoms with Gasteiger partial charge < -0.3 is 19.8 Å². The fourth-order valence-electron chi connectivity index (χ4n) is 1.78. The molecule has 1 aromatic carbocycles. The number of hydrogen-bond donors (Lipinski definition) is 2. The van der Waals surface area contributed by atoms with Gasteiger partial charge >= 0.3 is 12.1 Å². The van der Waals surface area contributed by atoms with E-state index in [4.69, 9.17) is 9.57 Å². The quantitative estimate of drug-likeness (QED) is 0.635. The number of carboxylic acid groups (broad SMARTS) is 1. The molecule has 2 N–H and O–H groups in total. The van der Waals surface area contributed by atoms with Gasteiger partial charge in [0, 0.05) is 5.56 Å². The van der Waals surface area contributed by atoms with E-state index in [1.54, 1.807) is 39.0 Å². The van der Waals surface area contributed by atoms with Crippen LogP contribution in [-0.4, -0.2) is 51.1 Å². The molecule has 0 fully saturated rings. The third-order valence-corrected chi connectivity index (χ3v) is 2.75. The molecule has 1 aromatic rings. The number of aliphatic carboxylic acids is 1. The zero-order valence-electron chi connectivity index (χ0n) is 13.9. The lowest BCUT2D eigenvalue weighted by Gasteiger charge is -2.29. The van der Waals surface area contributed by atoms with Crippen molar-refractivity contribution in [1.82, 2.24) is 5.06 Å². The van der Waals surface area contributed by atoms with Crippen LogP contribution in [0.3, 0.4) is 0 Å². The first-order chi connectivity index (χ1) is 11.0. The Balaban J connectivity index is 3.14. The van der Waals surface area contributed by atoms with Crippen LogP contribution in [0.5, 0.6) is 0 Å². The Labute approximate surface area is 139 Å². The van der Waals surface area contributed by atoms with E-state index in [9.17, 15) is 24.6 Å². The average molecular weight is 339 g/mol. The molecule has 0 spiro atoms. The minimum atomic E-state index is -1.79. The largest absolute Gasteiger partial charge is 0.534 e. The average Bonchev–Trinajstić information content (AvgIpc) is 2.44. The van der Waals surface area contributed by atoms with Crippen molar-refractivity contribution >= 4 is 18.0 Å². The van der Waals surface area contributed by atoms with Crippen LogP contribution in [0.4, 0.5) is 4.79 Å². The summed E-state index contributed by atoms with van der Waals surface area (Å²) in [5.74, 6) is -2.42. The number of amides is 1. The zero-order valence-corrected chi connectivity index (χ0v) is 13.9. The summed E-state index contributed by atoms with van der Waals surface area (Å²) in [4.78, 5) is 40.6. The Kier molecular flexibility index (Phi) is 6.30. The predicted octanol–water partition coefficient (Wildman–Crippen LogP) is 1.83. The maximum atomic E-state index is 12.5. The molecule has 2 atom stereocenters. The molecule has 132 valence electrons. The minimum Gasteiger partial charge on any atom is -0.480 e. The van der Waals surface area contributed by atoms with Gasteiger partial charge in [-0.2, -0.15) is 0 Å². The number of carbonyl (C=O) groups excluding carboxylic acids is 2. The standard InChI is InChI=1S/C16H21NO7/c1-10(18)12(14(20)21)17(24-15(22)23-16(2,3)4)13(19)11-8-6-5-7-9-11/h5-10,12,18H,1-4H3,(H,20,21)/t10-,12+/m1/s1. The summed E-state index contributed by atoms with van der Waals surface area (Å²) in [6.45, 7) is 5.92. The third-order valence-electron chi connectivity index (χ3n) is 2.75. The molecule has 0 saturated carbocycles. The molecule has 0 saturated heterocycles. The first-order valence-corrected chi connectivity index (χ1v) is 7.23. The fourth-order valence-corrected chi connectivity index (χ4v) is 1.78. The first kappa shape index (κ1) is 19.4. The van der Waals surface area contributed by atoms with Crippen molar-refractivity contribution in [2.24, 2.45) is 0 Å². The van der Waals surface area contributed by atoms with Gasteiger partial charge in [-0.1, -0.05) is 18.2 Å². The van der Waals surface area contributed by atoms with Crippen LogP contribution < -0.4 is 0 Å². The van der Waals surface area contributed by atoms with E-state index in [2.05, 4.69) is 0 Å². The van der Waals surface area contributed by atoms with E-state index >= 15 is 0 Å². The Morgan fingerprint density at radius 1 is 1.12 bits per heavy atom. The van der Waals surface area contributed by atoms with Crippen molar-refractivity contribution in [2.45, 2.75) is 45.4 Å². The van der Waals surface area contributed by atoms with Crippen LogP contribution in [0.1, 0.15) is 38.1 Å². The van der Waals surface area contributed by atoms with E-state index in [0.717, 1.165) is 0 Å². The maximum Gasteiger partial charge on any atom is 0.534 e. The zero-order chi connectivity index (χ0) is 18.5. The van der Waals surface area contributed by atoms with Crippen LogP contribution in [0.15, 0.2) is 30.3 Å². The molecule has 0 unspecified atom stereocenters. The smallest absolute Gasteiger partial charge is 0.480 e. The van der Waals surface area contributed by atoms with Crippen LogP contribution in [0.25, 0.3) is 0 Å². The summed E-state index contributed by atoms with van der Waals surface area (Å²) in [6.07, 6.45) is -2.74. The number of benzene rings is 1. The minimum absolute atomic E-state index is 0.0907. The van der Waals surface area contributed by atoms with Crippen LogP contribution >= 0.6 is 0 Å². The highest BCUT2D eigenvalue weighted by atomic mass is 16.8. The van der Waals surface area contributed by atoms with E-state index in [-0.39, 0.29) is 5.56 Å². The molecular weight excluding hydrogens is 318 g/mol. The number of hydroxylamine groups is 2. The van der Waals surface area contributed by atoms with Crippen molar-refractivity contribution in [3.63, 3.8) is 0 Å². The highest BCUT2D eigenvalue weighted by Gasteiger charge is 2.38. The fraction of sp³-hybridized carbons (Fsp3) is 0.438. The molecule has 0 aliphatic carbocycles. The second-order valence-corrected chi connectivity index (χ2v) is 6.08. The van der Waals surface area contributed by atoms with E-state index in [1.165, 1.54) is 19.1 Å². The van der Waals surface area contributed by atoms with Gasteiger partial charge in [-0.3, -0.25) is 4.79 Å². The number of ether oxygens (including phenoxy) is 1. The van der Waals surface area contributed by atoms with Crippen LogP contribution in [-0.2, 0) is 14.4 Å². The summed E-state index contributed by atoms with van der Waals surface area (Å²) in [5.41, 5.74) is -0.810. The van der Waals surface area contributed by atoms with Gasteiger partial charge in [0.1, 0.15) is 5.60 Å². The maximum absolute atomic E-state index is 12.5. The van der Waals surface area contributed by atoms with Crippen molar-refractivity contribution in [3.8, 4) is 0 Å². The lowest BCUT2D eigenvalue weighted by molar-refractivity contribution is -0.177. The highest BCUT2D eigenvalue weighted by molar-refractivity contribution is 5.96. The van der Waals surface area contributed by atoms with Gasteiger partial charge in [-0.05, 0) is 39.8 Å². The lowest BCUT2D eigenvalue weighted by Crippen LogP contribution is -2.52. The molecule has 8 heteroatoms. The summed E-state index contributed by atoms with van der Waals surface area (Å²) < 4.78 is 4.93. The summed E-state index contributed by atoms with van der Waals surface area (Å²) in [7, 11) is 0. The summed E-state index contributed by atoms with van der Waals surface area (Å²) in [5, 5.41) is 19.3. The second-order valence-electron chi connectivity index (χ2n) is 6.08. The summed E-state index contributed by atoms with van der Waals surface area (Å²) >= 11 is 0.